The van der Waals surface area contributed by atoms with E-state index in [4.69, 9.17) is 4.99 Å². The molecule has 1 saturated carbocycles. The Hall–Kier alpha value is -2.39. The number of likely N-dealkylation sites (tertiary alicyclic amines) is 1. The van der Waals surface area contributed by atoms with Gasteiger partial charge in [-0.1, -0.05) is 18.9 Å². The zero-order valence-corrected chi connectivity index (χ0v) is 20.7. The number of H-pyrrole nitrogens is 1. The topological polar surface area (TPSA) is 56.3 Å². The third-order valence-electron chi connectivity index (χ3n) is 7.95. The molecule has 0 radical (unpaired) electrons. The van der Waals surface area contributed by atoms with Crippen molar-refractivity contribution in [1.82, 2.24) is 20.4 Å². The Bertz CT molecular complexity index is 1360. The molecule has 35 heavy (non-hydrogen) atoms. The largest absolute Gasteiger partial charge is 0.393 e. The van der Waals surface area contributed by atoms with Gasteiger partial charge in [-0.2, -0.15) is 18.3 Å². The van der Waals surface area contributed by atoms with Crippen LogP contribution in [0.25, 0.3) is 16.6 Å². The van der Waals surface area contributed by atoms with Crippen LogP contribution in [0.4, 0.5) is 13.2 Å². The van der Waals surface area contributed by atoms with E-state index in [2.05, 4.69) is 39.5 Å². The van der Waals surface area contributed by atoms with Gasteiger partial charge < -0.3 is 5.32 Å². The predicted molar refractivity (Wildman–Crippen MR) is 132 cm³/mol. The quantitative estimate of drug-likeness (QED) is 0.547. The van der Waals surface area contributed by atoms with Crippen LogP contribution < -0.4 is 15.2 Å². The van der Waals surface area contributed by atoms with Crippen LogP contribution in [0.15, 0.2) is 29.4 Å². The number of piperidine rings is 1. The van der Waals surface area contributed by atoms with Crippen molar-refractivity contribution >= 4 is 27.9 Å². The van der Waals surface area contributed by atoms with Gasteiger partial charge in [-0.25, -0.2) is 0 Å². The second-order valence-corrected chi connectivity index (χ2v) is 11.4. The fourth-order valence-corrected chi connectivity index (χ4v) is 7.22. The molecule has 1 saturated heterocycles. The molecular formula is C26H30F3N5S. The SMILES string of the molecule is Cc1c(CN2CCC(NC3=c4cc(CC(F)(F)F)sc4=NC34CCCC4)CC2)ccc2[nH]ncc12. The van der Waals surface area contributed by atoms with Gasteiger partial charge in [-0.3, -0.25) is 15.0 Å². The van der Waals surface area contributed by atoms with Gasteiger partial charge in [-0.15, -0.1) is 11.3 Å². The molecule has 2 N–H and O–H groups in total. The Labute approximate surface area is 206 Å². The van der Waals surface area contributed by atoms with Crippen LogP contribution in [-0.4, -0.2) is 45.9 Å². The summed E-state index contributed by atoms with van der Waals surface area (Å²) in [5.74, 6) is 0. The standard InChI is InChI=1S/C26H30F3N5S/c1-16-17(4-5-22-21(16)14-30-33-22)15-34-10-6-18(7-11-34)31-23-20-12-19(13-26(27,28)29)35-24(20)32-25(23)8-2-3-9-25/h4-5,12,14,18,31H,2-3,6-11,13,15H2,1H3,(H,30,33). The van der Waals surface area contributed by atoms with Crippen molar-refractivity contribution in [2.45, 2.75) is 76.2 Å². The maximum absolute atomic E-state index is 13.0. The fraction of sp³-hybridized carbons (Fsp3) is 0.538. The molecule has 3 aliphatic rings. The molecule has 5 nitrogen and oxygen atoms in total. The van der Waals surface area contributed by atoms with Gasteiger partial charge >= 0.3 is 6.18 Å². The lowest BCUT2D eigenvalue weighted by molar-refractivity contribution is -0.126. The van der Waals surface area contributed by atoms with E-state index in [1.54, 1.807) is 6.07 Å². The number of hydrogen-bond donors (Lipinski definition) is 2. The third-order valence-corrected chi connectivity index (χ3v) is 8.98. The first-order valence-electron chi connectivity index (χ1n) is 12.5. The first-order valence-corrected chi connectivity index (χ1v) is 13.3. The van der Waals surface area contributed by atoms with Crippen molar-refractivity contribution in [1.29, 1.82) is 0 Å². The number of nitrogens with one attached hydrogen (secondary N) is 2. The number of halogens is 3. The number of thiophene rings is 1. The average Bonchev–Trinajstić information content (AvgIpc) is 3.58. The van der Waals surface area contributed by atoms with Crippen molar-refractivity contribution in [2.24, 2.45) is 4.99 Å². The summed E-state index contributed by atoms with van der Waals surface area (Å²) in [6.45, 7) is 5.07. The van der Waals surface area contributed by atoms with E-state index in [-0.39, 0.29) is 5.54 Å². The third kappa shape index (κ3) is 4.37. The molecule has 0 amide bonds. The lowest BCUT2D eigenvalue weighted by atomic mass is 9.92. The van der Waals surface area contributed by atoms with E-state index in [1.807, 2.05) is 6.20 Å². The minimum atomic E-state index is -4.19. The van der Waals surface area contributed by atoms with Crippen molar-refractivity contribution < 1.29 is 13.2 Å². The molecule has 0 atom stereocenters. The summed E-state index contributed by atoms with van der Waals surface area (Å²) in [5.41, 5.74) is 4.53. The smallest absolute Gasteiger partial charge is 0.383 e. The minimum Gasteiger partial charge on any atom is -0.383 e. The average molecular weight is 502 g/mol. The van der Waals surface area contributed by atoms with Crippen LogP contribution in [0, 0.1) is 6.92 Å². The van der Waals surface area contributed by atoms with E-state index in [0.29, 0.717) is 10.9 Å². The van der Waals surface area contributed by atoms with E-state index in [0.717, 1.165) is 79.3 Å². The zero-order valence-electron chi connectivity index (χ0n) is 19.8. The molecule has 2 fully saturated rings. The minimum absolute atomic E-state index is 0.244. The van der Waals surface area contributed by atoms with Crippen molar-refractivity contribution in [3.05, 3.63) is 50.3 Å². The molecule has 2 aromatic heterocycles. The van der Waals surface area contributed by atoms with Gasteiger partial charge in [0, 0.05) is 46.9 Å². The number of hydrogen-bond acceptors (Lipinski definition) is 5. The predicted octanol–water partition coefficient (Wildman–Crippen LogP) is 4.35. The normalized spacial score (nSPS) is 20.6. The summed E-state index contributed by atoms with van der Waals surface area (Å²) in [6, 6.07) is 6.36. The van der Waals surface area contributed by atoms with Crippen LogP contribution in [0.1, 0.15) is 54.5 Å². The molecule has 186 valence electrons. The van der Waals surface area contributed by atoms with Gasteiger partial charge in [0.1, 0.15) is 10.2 Å². The molecule has 9 heteroatoms. The molecule has 1 aliphatic carbocycles. The van der Waals surface area contributed by atoms with E-state index < -0.39 is 12.6 Å². The fourth-order valence-electron chi connectivity index (χ4n) is 6.07. The number of alkyl halides is 3. The summed E-state index contributed by atoms with van der Waals surface area (Å²) in [4.78, 5) is 7.87. The lowest BCUT2D eigenvalue weighted by Gasteiger charge is -2.36. The van der Waals surface area contributed by atoms with E-state index >= 15 is 0 Å². The summed E-state index contributed by atoms with van der Waals surface area (Å²) in [6.07, 6.45) is 3.08. The second-order valence-electron chi connectivity index (χ2n) is 10.3. The van der Waals surface area contributed by atoms with Crippen LogP contribution in [-0.2, 0) is 13.0 Å². The van der Waals surface area contributed by atoms with Crippen molar-refractivity contribution in [3.8, 4) is 0 Å². The molecule has 0 unspecified atom stereocenters. The van der Waals surface area contributed by atoms with Crippen LogP contribution in [0.5, 0.6) is 0 Å². The highest BCUT2D eigenvalue weighted by atomic mass is 32.1. The van der Waals surface area contributed by atoms with Gasteiger partial charge in [0.05, 0.1) is 18.1 Å². The van der Waals surface area contributed by atoms with E-state index in [1.165, 1.54) is 27.8 Å². The molecule has 1 spiro atoms. The second kappa shape index (κ2) is 8.62. The maximum atomic E-state index is 13.0. The number of fused-ring (bicyclic) bond motifs is 2. The number of aromatic nitrogens is 2. The molecule has 3 aromatic rings. The zero-order chi connectivity index (χ0) is 24.2. The summed E-state index contributed by atoms with van der Waals surface area (Å²) < 4.78 is 39.8. The Kier molecular flexibility index (Phi) is 5.67. The highest BCUT2D eigenvalue weighted by Crippen LogP contribution is 2.40. The highest BCUT2D eigenvalue weighted by molar-refractivity contribution is 7.09. The van der Waals surface area contributed by atoms with Crippen molar-refractivity contribution in [2.75, 3.05) is 13.1 Å². The van der Waals surface area contributed by atoms with Gasteiger partial charge in [0.15, 0.2) is 0 Å². The first-order chi connectivity index (χ1) is 16.8. The molecular weight excluding hydrogens is 471 g/mol. The molecule has 0 bridgehead atoms. The van der Waals surface area contributed by atoms with Crippen LogP contribution in [0.3, 0.4) is 0 Å². The molecule has 6 rings (SSSR count). The Morgan fingerprint density at radius 3 is 2.71 bits per heavy atom. The monoisotopic (exact) mass is 501 g/mol. The van der Waals surface area contributed by atoms with Gasteiger partial charge in [0.2, 0.25) is 0 Å². The molecule has 2 aliphatic heterocycles. The number of aromatic amines is 1. The van der Waals surface area contributed by atoms with Crippen LogP contribution >= 0.6 is 11.3 Å². The summed E-state index contributed by atoms with van der Waals surface area (Å²) in [7, 11) is 0. The van der Waals surface area contributed by atoms with Crippen molar-refractivity contribution in [3.63, 3.8) is 0 Å². The summed E-state index contributed by atoms with van der Waals surface area (Å²) in [5, 5.41) is 13.1. The Balaban J connectivity index is 1.17. The first kappa shape index (κ1) is 23.0. The van der Waals surface area contributed by atoms with Crippen LogP contribution in [0.2, 0.25) is 0 Å². The van der Waals surface area contributed by atoms with E-state index in [9.17, 15) is 13.2 Å². The molecule has 1 aromatic carbocycles. The van der Waals surface area contributed by atoms with Gasteiger partial charge in [0.25, 0.3) is 0 Å². The van der Waals surface area contributed by atoms with Gasteiger partial charge in [-0.05, 0) is 55.9 Å². The number of benzene rings is 1. The number of aryl methyl sites for hydroxylation is 1. The number of nitrogens with zero attached hydrogens (tertiary/aromatic N) is 3. The Morgan fingerprint density at radius 2 is 1.97 bits per heavy atom. The Morgan fingerprint density at radius 1 is 1.20 bits per heavy atom. The highest BCUT2D eigenvalue weighted by Gasteiger charge is 2.42. The molecule has 4 heterocycles. The summed E-state index contributed by atoms with van der Waals surface area (Å²) >= 11 is 1.22. The maximum Gasteiger partial charge on any atom is 0.393 e. The lowest BCUT2D eigenvalue weighted by Crippen LogP contribution is -2.45. The number of rotatable bonds is 5.